The van der Waals surface area contributed by atoms with Gasteiger partial charge in [-0.25, -0.2) is 28.8 Å². The van der Waals surface area contributed by atoms with Crippen molar-refractivity contribution in [2.24, 2.45) is 11.5 Å². The molecular formula is C49H67N9O23. The Hall–Kier alpha value is -9.20. The SMILES string of the molecule is NCc1cc(COc2ccc(CCNC(=O)CC[C@H](NC(=O)CC[C@H](NC(=O)CC[C@H](NC(=O)CC[C@H](NC(=O)CC[C@H](NC(=O)CC[C@H](NC(=O)CC[C@H](N)C(=O)O)C(=O)O)C(=O)O)C(=O)O)C(=O)O)C(=O)O)C(=O)O)cc2)co1. The lowest BCUT2D eigenvalue weighted by Crippen LogP contribution is -2.46. The Balaban J connectivity index is 1.78. The maximum absolute atomic E-state index is 12.7. The molecule has 0 aliphatic carbocycles. The van der Waals surface area contributed by atoms with Crippen LogP contribution >= 0.6 is 0 Å². The fraction of sp³-hybridized carbons (Fsp3) is 0.510. The van der Waals surface area contributed by atoms with Crippen LogP contribution in [0.4, 0.5) is 0 Å². The zero-order valence-electron chi connectivity index (χ0n) is 43.6. The number of aliphatic carboxylic acids is 7. The molecule has 2 rings (SSSR count). The number of carbonyl (C=O) groups excluding carboxylic acids is 7. The van der Waals surface area contributed by atoms with Crippen LogP contribution in [-0.4, -0.2) is 168 Å². The highest BCUT2D eigenvalue weighted by atomic mass is 16.5. The van der Waals surface area contributed by atoms with Crippen LogP contribution in [0.3, 0.4) is 0 Å². The predicted octanol–water partition coefficient (Wildman–Crippen LogP) is -2.73. The quantitative estimate of drug-likeness (QED) is 0.0321. The van der Waals surface area contributed by atoms with E-state index in [0.717, 1.165) is 11.1 Å². The standard InChI is InChI=1S/C49H67N9O23/c50-22-28-21-26(24-81-28)23-80-27-3-1-25(2-4-27)19-20-52-36(59)13-6-30(44(68)69)54-38(61)15-8-32(46(72)73)56-40(63)17-10-34(48(76)77)58-42(65)18-11-35(49(78)79)57-41(64)16-9-33(47(74)75)55-39(62)14-7-31(45(70)71)53-37(60)12-5-29(51)43(66)67/h1-4,21,24,29-35H,5-20,22-23,50-51H2,(H,52,59)(H,53,60)(H,54,61)(H,55,62)(H,56,63)(H,57,64)(H,58,65)(H,66,67)(H,68,69)(H,70,71)(H,72,73)(H,74,75)(H,76,77)(H,78,79)/t29-,30-,31-,32-,33-,34-,35-/m0/s1. The molecular weight excluding hydrogens is 1080 g/mol. The van der Waals surface area contributed by atoms with Crippen LogP contribution in [0.15, 0.2) is 41.0 Å². The van der Waals surface area contributed by atoms with Crippen molar-refractivity contribution >= 4 is 83.1 Å². The fourth-order valence-electron chi connectivity index (χ4n) is 7.17. The molecule has 2 aromatic rings. The number of ether oxygens (including phenoxy) is 1. The zero-order valence-corrected chi connectivity index (χ0v) is 43.6. The van der Waals surface area contributed by atoms with Crippen molar-refractivity contribution in [3.8, 4) is 5.75 Å². The zero-order chi connectivity index (χ0) is 60.8. The van der Waals surface area contributed by atoms with Crippen LogP contribution in [0, 0.1) is 0 Å². The van der Waals surface area contributed by atoms with E-state index in [1.807, 2.05) is 0 Å². The molecule has 0 saturated heterocycles. The van der Waals surface area contributed by atoms with Gasteiger partial charge in [0, 0.05) is 57.1 Å². The number of carboxylic acids is 7. The molecule has 446 valence electrons. The number of amides is 7. The van der Waals surface area contributed by atoms with Crippen LogP contribution in [0.5, 0.6) is 5.75 Å². The van der Waals surface area contributed by atoms with Gasteiger partial charge in [0.05, 0.1) is 12.8 Å². The number of hydrogen-bond acceptors (Lipinski definition) is 18. The van der Waals surface area contributed by atoms with Crippen LogP contribution in [0.2, 0.25) is 0 Å². The van der Waals surface area contributed by atoms with Crippen LogP contribution in [0.1, 0.15) is 107 Å². The molecule has 1 aromatic heterocycles. The number of nitrogens with one attached hydrogen (secondary N) is 7. The molecule has 0 aliphatic heterocycles. The van der Waals surface area contributed by atoms with Gasteiger partial charge in [0.15, 0.2) is 0 Å². The van der Waals surface area contributed by atoms with E-state index in [0.29, 0.717) is 17.9 Å². The summed E-state index contributed by atoms with van der Waals surface area (Å²) in [7, 11) is 0. The van der Waals surface area contributed by atoms with Gasteiger partial charge in [-0.15, -0.1) is 0 Å². The molecule has 0 radical (unpaired) electrons. The van der Waals surface area contributed by atoms with Gasteiger partial charge in [-0.05, 0) is 75.1 Å². The third-order valence-corrected chi connectivity index (χ3v) is 11.7. The number of benzene rings is 1. The van der Waals surface area contributed by atoms with Gasteiger partial charge in [0.25, 0.3) is 0 Å². The molecule has 0 saturated carbocycles. The van der Waals surface area contributed by atoms with E-state index in [4.69, 9.17) is 25.7 Å². The lowest BCUT2D eigenvalue weighted by atomic mass is 10.1. The first-order valence-corrected chi connectivity index (χ1v) is 25.0. The third-order valence-electron chi connectivity index (χ3n) is 11.7. The van der Waals surface area contributed by atoms with Crippen LogP contribution < -0.4 is 53.4 Å². The number of furan rings is 1. The van der Waals surface area contributed by atoms with Crippen molar-refractivity contribution in [3.63, 3.8) is 0 Å². The Morgan fingerprint density at radius 3 is 1.02 bits per heavy atom. The van der Waals surface area contributed by atoms with Crippen LogP contribution in [0.25, 0.3) is 0 Å². The third kappa shape index (κ3) is 27.8. The van der Waals surface area contributed by atoms with Crippen molar-refractivity contribution in [2.75, 3.05) is 6.54 Å². The second-order valence-corrected chi connectivity index (χ2v) is 18.1. The van der Waals surface area contributed by atoms with Gasteiger partial charge in [0.1, 0.15) is 60.4 Å². The molecule has 0 bridgehead atoms. The van der Waals surface area contributed by atoms with E-state index < -0.39 is 196 Å². The first-order chi connectivity index (χ1) is 38.2. The van der Waals surface area contributed by atoms with E-state index in [9.17, 15) is 97.8 Å². The smallest absolute Gasteiger partial charge is 0.326 e. The van der Waals surface area contributed by atoms with Gasteiger partial charge in [-0.2, -0.15) is 0 Å². The summed E-state index contributed by atoms with van der Waals surface area (Å²) in [6, 6.07) is -2.70. The molecule has 1 heterocycles. The average Bonchev–Trinajstić information content (AvgIpc) is 3.87. The summed E-state index contributed by atoms with van der Waals surface area (Å²) >= 11 is 0. The lowest BCUT2D eigenvalue weighted by Gasteiger charge is -2.19. The lowest BCUT2D eigenvalue weighted by molar-refractivity contribution is -0.144. The Morgan fingerprint density at radius 1 is 0.432 bits per heavy atom. The second kappa shape index (κ2) is 35.3. The summed E-state index contributed by atoms with van der Waals surface area (Å²) in [5.74, 6) is -16.3. The number of carbonyl (C=O) groups is 14. The minimum atomic E-state index is -1.78. The second-order valence-electron chi connectivity index (χ2n) is 18.1. The number of hydrogen-bond donors (Lipinski definition) is 16. The minimum absolute atomic E-state index is 0.210. The van der Waals surface area contributed by atoms with Crippen molar-refractivity contribution < 1.29 is 112 Å². The topological polar surface area (TPSA) is 539 Å². The van der Waals surface area contributed by atoms with E-state index >= 15 is 0 Å². The summed E-state index contributed by atoms with van der Waals surface area (Å²) in [5, 5.41) is 81.7. The highest BCUT2D eigenvalue weighted by Gasteiger charge is 2.29. The summed E-state index contributed by atoms with van der Waals surface area (Å²) in [6.45, 7) is 0.744. The molecule has 81 heavy (non-hydrogen) atoms. The van der Waals surface area contributed by atoms with Gasteiger partial charge >= 0.3 is 41.8 Å². The Morgan fingerprint density at radius 2 is 0.741 bits per heavy atom. The van der Waals surface area contributed by atoms with Crippen molar-refractivity contribution in [3.05, 3.63) is 53.5 Å². The van der Waals surface area contributed by atoms with Gasteiger partial charge in [-0.3, -0.25) is 38.4 Å². The average molecular weight is 1150 g/mol. The number of rotatable bonds is 41. The van der Waals surface area contributed by atoms with Gasteiger partial charge in [0.2, 0.25) is 41.4 Å². The summed E-state index contributed by atoms with van der Waals surface area (Å²) in [6.07, 6.45) is -5.71. The van der Waals surface area contributed by atoms with Gasteiger partial charge in [-0.1, -0.05) is 12.1 Å². The van der Waals surface area contributed by atoms with E-state index in [2.05, 4.69) is 37.2 Å². The van der Waals surface area contributed by atoms with E-state index in [-0.39, 0.29) is 39.0 Å². The number of nitrogens with two attached hydrogens (primary N) is 2. The highest BCUT2D eigenvalue weighted by molar-refractivity contribution is 5.90. The molecule has 0 spiro atoms. The van der Waals surface area contributed by atoms with Crippen LogP contribution in [-0.2, 0) is 86.7 Å². The summed E-state index contributed by atoms with van der Waals surface area (Å²) in [5.41, 5.74) is 12.5. The number of carboxylic acid groups (broad SMARTS) is 7. The summed E-state index contributed by atoms with van der Waals surface area (Å²) < 4.78 is 11.0. The Labute approximate surface area is 460 Å². The molecule has 7 amide bonds. The van der Waals surface area contributed by atoms with E-state index in [1.54, 1.807) is 36.6 Å². The molecule has 7 atom stereocenters. The minimum Gasteiger partial charge on any atom is -0.489 e. The normalized spacial score (nSPS) is 13.4. The molecule has 32 heteroatoms. The first kappa shape index (κ1) is 67.9. The van der Waals surface area contributed by atoms with Gasteiger partial charge < -0.3 is 93.6 Å². The van der Waals surface area contributed by atoms with Crippen molar-refractivity contribution in [2.45, 2.75) is 152 Å². The molecule has 0 fully saturated rings. The predicted molar refractivity (Wildman–Crippen MR) is 272 cm³/mol. The molecule has 0 aliphatic rings. The molecule has 1 aromatic carbocycles. The van der Waals surface area contributed by atoms with Crippen molar-refractivity contribution in [1.29, 1.82) is 0 Å². The molecule has 18 N–H and O–H groups in total. The highest BCUT2D eigenvalue weighted by Crippen LogP contribution is 2.16. The Kier molecular flexibility index (Phi) is 29.6. The first-order valence-electron chi connectivity index (χ1n) is 25.0. The molecule has 0 unspecified atom stereocenters. The summed E-state index contributed by atoms with van der Waals surface area (Å²) in [4.78, 5) is 170. The van der Waals surface area contributed by atoms with Crippen molar-refractivity contribution in [1.82, 2.24) is 37.2 Å². The monoisotopic (exact) mass is 1150 g/mol. The van der Waals surface area contributed by atoms with E-state index in [1.165, 1.54) is 0 Å². The maximum Gasteiger partial charge on any atom is 0.326 e. The maximum atomic E-state index is 12.7. The fourth-order valence-corrected chi connectivity index (χ4v) is 7.17. The largest absolute Gasteiger partial charge is 0.489 e. The molecule has 32 nitrogen and oxygen atoms in total. The Bertz CT molecular complexity index is 2550.